The molecule has 0 bridgehead atoms. The van der Waals surface area contributed by atoms with E-state index in [-0.39, 0.29) is 16.4 Å². The van der Waals surface area contributed by atoms with E-state index in [1.54, 1.807) is 13.2 Å². The minimum absolute atomic E-state index is 0.0947. The Bertz CT molecular complexity index is 379. The number of thiazole rings is 1. The molecular formula is C6H9ClN5O2S+. The molecule has 0 aliphatic carbocycles. The molecule has 82 valence electrons. The highest BCUT2D eigenvalue weighted by atomic mass is 35.5. The van der Waals surface area contributed by atoms with E-state index in [0.717, 1.165) is 0 Å². The van der Waals surface area contributed by atoms with Gasteiger partial charge in [-0.15, -0.1) is 0 Å². The van der Waals surface area contributed by atoms with Crippen LogP contribution in [0.2, 0.25) is 4.47 Å². The van der Waals surface area contributed by atoms with Crippen molar-refractivity contribution >= 4 is 28.0 Å². The van der Waals surface area contributed by atoms with Gasteiger partial charge in [-0.25, -0.2) is 10.1 Å². The summed E-state index contributed by atoms with van der Waals surface area (Å²) in [5.41, 5.74) is 0. The first-order valence-electron chi connectivity index (χ1n) is 3.87. The number of hydrogen-bond acceptors (Lipinski definition) is 3. The third-order valence-electron chi connectivity index (χ3n) is 1.43. The average molecular weight is 251 g/mol. The fourth-order valence-electron chi connectivity index (χ4n) is 0.796. The first kappa shape index (κ1) is 11.7. The van der Waals surface area contributed by atoms with Gasteiger partial charge in [-0.05, 0) is 11.6 Å². The average Bonchev–Trinajstić information content (AvgIpc) is 2.58. The minimum Gasteiger partial charge on any atom is -0.354 e. The van der Waals surface area contributed by atoms with Crippen LogP contribution >= 0.6 is 22.1 Å². The lowest BCUT2D eigenvalue weighted by atomic mass is 10.9. The summed E-state index contributed by atoms with van der Waals surface area (Å²) in [4.78, 5) is 14.0. The van der Waals surface area contributed by atoms with E-state index in [1.807, 2.05) is 5.38 Å². The standard InChI is InChI=1S/C6H9ClN5O2S/c1-8-6(11-12(13)14)10-4-15-3-2-9-5(15)7/h2-3H,4H2,1H3,(H2,8,10,11)/q+1. The summed E-state index contributed by atoms with van der Waals surface area (Å²) >= 11 is 5.78. The molecule has 2 N–H and O–H groups in total. The lowest BCUT2D eigenvalue weighted by molar-refractivity contribution is -0.485. The Kier molecular flexibility index (Phi) is 4.25. The number of halogens is 1. The summed E-state index contributed by atoms with van der Waals surface area (Å²) in [7, 11) is 1.21. The van der Waals surface area contributed by atoms with Gasteiger partial charge in [0.1, 0.15) is 5.10 Å². The van der Waals surface area contributed by atoms with Gasteiger partial charge in [-0.1, -0.05) is 0 Å². The monoisotopic (exact) mass is 250 g/mol. The van der Waals surface area contributed by atoms with Gasteiger partial charge in [0.25, 0.3) is 5.96 Å². The van der Waals surface area contributed by atoms with Crippen LogP contribution in [0.15, 0.2) is 16.7 Å². The highest BCUT2D eigenvalue weighted by Crippen LogP contribution is 2.26. The van der Waals surface area contributed by atoms with Crippen molar-refractivity contribution < 1.29 is 5.03 Å². The summed E-state index contributed by atoms with van der Waals surface area (Å²) in [6, 6.07) is 0. The molecule has 0 aliphatic rings. The van der Waals surface area contributed by atoms with E-state index in [1.165, 1.54) is 0 Å². The molecule has 1 heterocycles. The number of hydrazone groups is 1. The highest BCUT2D eigenvalue weighted by Gasteiger charge is 2.13. The molecule has 9 heteroatoms. The van der Waals surface area contributed by atoms with Crippen LogP contribution in [-0.2, 0) is 5.88 Å². The second kappa shape index (κ2) is 5.47. The maximum Gasteiger partial charge on any atom is 0.339 e. The van der Waals surface area contributed by atoms with Crippen molar-refractivity contribution in [3.05, 3.63) is 26.2 Å². The second-order valence-electron chi connectivity index (χ2n) is 2.35. The lowest BCUT2D eigenvalue weighted by Crippen LogP contribution is -2.34. The Morgan fingerprint density at radius 3 is 3.07 bits per heavy atom. The number of hydrogen-bond donors (Lipinski definition) is 2. The molecule has 15 heavy (non-hydrogen) atoms. The van der Waals surface area contributed by atoms with E-state index in [2.05, 4.69) is 20.7 Å². The Morgan fingerprint density at radius 1 is 1.87 bits per heavy atom. The van der Waals surface area contributed by atoms with Gasteiger partial charge in [0.15, 0.2) is 10.4 Å². The predicted molar refractivity (Wildman–Crippen MR) is 58.4 cm³/mol. The van der Waals surface area contributed by atoms with Crippen molar-refractivity contribution in [2.45, 2.75) is 5.88 Å². The van der Waals surface area contributed by atoms with E-state index in [0.29, 0.717) is 10.3 Å². The second-order valence-corrected chi connectivity index (χ2v) is 4.74. The molecule has 0 amide bonds. The van der Waals surface area contributed by atoms with Gasteiger partial charge >= 0.3 is 4.47 Å². The molecule has 1 rings (SSSR count). The van der Waals surface area contributed by atoms with Crippen molar-refractivity contribution in [1.29, 1.82) is 0 Å². The zero-order valence-electron chi connectivity index (χ0n) is 7.81. The maximum absolute atomic E-state index is 10.1. The van der Waals surface area contributed by atoms with Gasteiger partial charge in [-0.3, -0.25) is 0 Å². The molecule has 0 spiro atoms. The van der Waals surface area contributed by atoms with Crippen molar-refractivity contribution in [2.75, 3.05) is 7.05 Å². The van der Waals surface area contributed by atoms with Crippen molar-refractivity contribution in [2.24, 2.45) is 5.10 Å². The Labute approximate surface area is 93.3 Å². The van der Waals surface area contributed by atoms with Crippen LogP contribution in [0.4, 0.5) is 0 Å². The van der Waals surface area contributed by atoms with Crippen molar-refractivity contribution in [3.8, 4) is 0 Å². The molecule has 0 aliphatic heterocycles. The van der Waals surface area contributed by atoms with Gasteiger partial charge in [-0.2, -0.15) is 4.98 Å². The van der Waals surface area contributed by atoms with Crippen LogP contribution in [0.25, 0.3) is 0 Å². The number of rotatable bonds is 3. The van der Waals surface area contributed by atoms with Crippen LogP contribution in [-0.4, -0.2) is 23.0 Å². The van der Waals surface area contributed by atoms with E-state index in [9.17, 15) is 10.1 Å². The quantitative estimate of drug-likeness (QED) is 0.272. The van der Waals surface area contributed by atoms with Crippen LogP contribution in [0, 0.1) is 10.1 Å². The molecule has 0 aromatic carbocycles. The SMILES string of the molecule is CNC(=N[N+](=O)[O-])NC[s+]1ccnc1Cl. The Hall–Kier alpha value is -1.41. The molecule has 1 unspecified atom stereocenters. The van der Waals surface area contributed by atoms with Crippen LogP contribution in [0.3, 0.4) is 0 Å². The molecule has 1 aromatic heterocycles. The summed E-state index contributed by atoms with van der Waals surface area (Å²) < 4.78 is 0.485. The first-order chi connectivity index (χ1) is 7.13. The number of nitro groups is 1. The lowest BCUT2D eigenvalue weighted by Gasteiger charge is -1.99. The van der Waals surface area contributed by atoms with Crippen molar-refractivity contribution in [3.63, 3.8) is 0 Å². The molecule has 0 saturated carbocycles. The van der Waals surface area contributed by atoms with Gasteiger partial charge in [0, 0.05) is 17.5 Å². The number of nitrogens with zero attached hydrogens (tertiary/aromatic N) is 3. The Morgan fingerprint density at radius 2 is 2.60 bits per heavy atom. The maximum atomic E-state index is 10.1. The summed E-state index contributed by atoms with van der Waals surface area (Å²) in [5.74, 6) is 0.532. The predicted octanol–water partition coefficient (Wildman–Crippen LogP) is 0.798. The molecule has 0 fully saturated rings. The van der Waals surface area contributed by atoms with Crippen LogP contribution in [0.1, 0.15) is 0 Å². The van der Waals surface area contributed by atoms with E-state index in [4.69, 9.17) is 11.6 Å². The zero-order valence-corrected chi connectivity index (χ0v) is 9.38. The number of aromatic nitrogens is 1. The van der Waals surface area contributed by atoms with Gasteiger partial charge in [0.05, 0.1) is 6.20 Å². The third kappa shape index (κ3) is 3.68. The Balaban J connectivity index is 2.55. The number of guanidine groups is 1. The summed E-state index contributed by atoms with van der Waals surface area (Å²) in [6.45, 7) is 0. The minimum atomic E-state index is -0.776. The van der Waals surface area contributed by atoms with Crippen LogP contribution < -0.4 is 10.6 Å². The number of nitrogens with one attached hydrogen (secondary N) is 2. The molecule has 1 atom stereocenters. The molecule has 7 nitrogen and oxygen atoms in total. The van der Waals surface area contributed by atoms with E-state index < -0.39 is 5.03 Å². The topological polar surface area (TPSA) is 92.5 Å². The van der Waals surface area contributed by atoms with Gasteiger partial charge < -0.3 is 10.6 Å². The first-order valence-corrected chi connectivity index (χ1v) is 5.71. The summed E-state index contributed by atoms with van der Waals surface area (Å²) in [6.07, 6.45) is 1.61. The molecule has 1 aromatic rings. The highest BCUT2D eigenvalue weighted by molar-refractivity contribution is 7.32. The van der Waals surface area contributed by atoms with E-state index >= 15 is 0 Å². The molecule has 0 radical (unpaired) electrons. The largest absolute Gasteiger partial charge is 0.354 e. The van der Waals surface area contributed by atoms with Gasteiger partial charge in [0.2, 0.25) is 5.88 Å². The van der Waals surface area contributed by atoms with Crippen LogP contribution in [0.5, 0.6) is 0 Å². The smallest absolute Gasteiger partial charge is 0.339 e. The fraction of sp³-hybridized carbons (Fsp3) is 0.333. The third-order valence-corrected chi connectivity index (χ3v) is 3.57. The summed E-state index contributed by atoms with van der Waals surface area (Å²) in [5, 5.41) is 19.6. The molecular weight excluding hydrogens is 242 g/mol. The fourth-order valence-corrected chi connectivity index (χ4v) is 2.19. The molecule has 0 saturated heterocycles. The van der Waals surface area contributed by atoms with Crippen molar-refractivity contribution in [1.82, 2.24) is 15.6 Å². The zero-order chi connectivity index (χ0) is 11.3. The normalized spacial score (nSPS) is 12.4.